The van der Waals surface area contributed by atoms with E-state index in [9.17, 15) is 0 Å². The summed E-state index contributed by atoms with van der Waals surface area (Å²) >= 11 is 0. The summed E-state index contributed by atoms with van der Waals surface area (Å²) in [5.41, 5.74) is 0. The molecule has 1 heterocycles. The van der Waals surface area contributed by atoms with Gasteiger partial charge >= 0.3 is 0 Å². The van der Waals surface area contributed by atoms with Gasteiger partial charge in [0.15, 0.2) is 0 Å². The van der Waals surface area contributed by atoms with Crippen LogP contribution in [0.25, 0.3) is 0 Å². The summed E-state index contributed by atoms with van der Waals surface area (Å²) in [6.45, 7) is 21.5. The van der Waals surface area contributed by atoms with Crippen LogP contribution in [0.5, 0.6) is 0 Å². The molecule has 2 nitrogen and oxygen atoms in total. The third-order valence-electron chi connectivity index (χ3n) is 2.76. The van der Waals surface area contributed by atoms with Crippen molar-refractivity contribution in [3.05, 3.63) is 13.2 Å². The Balaban J connectivity index is 0.000000921. The standard InChI is InChI=1S/C11H24N2.C2H4/c1-10(2)9-12-5-7-13(8-6-12)11(3)4;1-2/h10-11H,5-9H2,1-4H3;1-2H2. The molecule has 0 aromatic heterocycles. The first-order valence-corrected chi connectivity index (χ1v) is 6.06. The van der Waals surface area contributed by atoms with E-state index >= 15 is 0 Å². The summed E-state index contributed by atoms with van der Waals surface area (Å²) in [4.78, 5) is 5.15. The highest BCUT2D eigenvalue weighted by Gasteiger charge is 2.18. The maximum atomic E-state index is 3.00. The highest BCUT2D eigenvalue weighted by molar-refractivity contribution is 4.74. The van der Waals surface area contributed by atoms with Gasteiger partial charge < -0.3 is 4.90 Å². The summed E-state index contributed by atoms with van der Waals surface area (Å²) in [6, 6.07) is 0.723. The van der Waals surface area contributed by atoms with Crippen molar-refractivity contribution in [2.75, 3.05) is 32.7 Å². The van der Waals surface area contributed by atoms with E-state index in [0.29, 0.717) is 0 Å². The third-order valence-corrected chi connectivity index (χ3v) is 2.76. The van der Waals surface area contributed by atoms with E-state index in [4.69, 9.17) is 0 Å². The summed E-state index contributed by atoms with van der Waals surface area (Å²) in [5.74, 6) is 0.811. The lowest BCUT2D eigenvalue weighted by atomic mass is 10.2. The van der Waals surface area contributed by atoms with Gasteiger partial charge in [-0.05, 0) is 19.8 Å². The van der Waals surface area contributed by atoms with Crippen LogP contribution in [0.15, 0.2) is 13.2 Å². The molecule has 15 heavy (non-hydrogen) atoms. The lowest BCUT2D eigenvalue weighted by molar-refractivity contribution is 0.100. The minimum absolute atomic E-state index is 0.723. The van der Waals surface area contributed by atoms with Gasteiger partial charge in [-0.15, -0.1) is 13.2 Å². The minimum atomic E-state index is 0.723. The molecule has 2 heteroatoms. The Morgan fingerprint density at radius 2 is 1.40 bits per heavy atom. The van der Waals surface area contributed by atoms with Crippen molar-refractivity contribution in [2.45, 2.75) is 33.7 Å². The van der Waals surface area contributed by atoms with Crippen LogP contribution in [0.1, 0.15) is 27.7 Å². The van der Waals surface area contributed by atoms with Gasteiger partial charge in [0.1, 0.15) is 0 Å². The molecule has 0 amide bonds. The molecule has 1 aliphatic rings. The monoisotopic (exact) mass is 212 g/mol. The zero-order chi connectivity index (χ0) is 11.8. The number of rotatable bonds is 3. The van der Waals surface area contributed by atoms with Crippen molar-refractivity contribution in [1.29, 1.82) is 0 Å². The van der Waals surface area contributed by atoms with Gasteiger partial charge in [0, 0.05) is 38.8 Å². The maximum Gasteiger partial charge on any atom is 0.0113 e. The Kier molecular flexibility index (Phi) is 7.71. The van der Waals surface area contributed by atoms with E-state index in [1.165, 1.54) is 32.7 Å². The van der Waals surface area contributed by atoms with Gasteiger partial charge in [0.2, 0.25) is 0 Å². The van der Waals surface area contributed by atoms with E-state index < -0.39 is 0 Å². The smallest absolute Gasteiger partial charge is 0.0113 e. The van der Waals surface area contributed by atoms with Crippen molar-refractivity contribution < 1.29 is 0 Å². The molecule has 1 rings (SSSR count). The number of piperazine rings is 1. The van der Waals surface area contributed by atoms with Crippen molar-refractivity contribution in [2.24, 2.45) is 5.92 Å². The molecule has 0 aromatic rings. The lowest BCUT2D eigenvalue weighted by Crippen LogP contribution is -2.49. The van der Waals surface area contributed by atoms with Gasteiger partial charge in [-0.1, -0.05) is 13.8 Å². The fourth-order valence-corrected chi connectivity index (χ4v) is 1.98. The van der Waals surface area contributed by atoms with Crippen molar-refractivity contribution in [3.63, 3.8) is 0 Å². The Labute approximate surface area is 95.9 Å². The SMILES string of the molecule is C=C.CC(C)CN1CCN(C(C)C)CC1. The van der Waals surface area contributed by atoms with E-state index in [-0.39, 0.29) is 0 Å². The highest BCUT2D eigenvalue weighted by atomic mass is 15.3. The molecule has 0 unspecified atom stereocenters. The molecule has 0 radical (unpaired) electrons. The molecule has 0 N–H and O–H groups in total. The minimum Gasteiger partial charge on any atom is -0.301 e. The van der Waals surface area contributed by atoms with Crippen LogP contribution in [0.4, 0.5) is 0 Å². The van der Waals surface area contributed by atoms with Gasteiger partial charge in [0.25, 0.3) is 0 Å². The van der Waals surface area contributed by atoms with Gasteiger partial charge in [-0.25, -0.2) is 0 Å². The Hall–Kier alpha value is -0.340. The summed E-state index contributed by atoms with van der Waals surface area (Å²) in [5, 5.41) is 0. The van der Waals surface area contributed by atoms with Crippen LogP contribution in [0.2, 0.25) is 0 Å². The largest absolute Gasteiger partial charge is 0.301 e. The molecular weight excluding hydrogens is 184 g/mol. The molecule has 0 saturated carbocycles. The normalized spacial score (nSPS) is 19.1. The first kappa shape index (κ1) is 14.7. The third kappa shape index (κ3) is 5.95. The summed E-state index contributed by atoms with van der Waals surface area (Å²) in [6.07, 6.45) is 0. The quantitative estimate of drug-likeness (QED) is 0.663. The molecule has 90 valence electrons. The molecule has 1 saturated heterocycles. The average molecular weight is 212 g/mol. The van der Waals surface area contributed by atoms with Crippen LogP contribution in [-0.4, -0.2) is 48.6 Å². The molecule has 0 spiro atoms. The van der Waals surface area contributed by atoms with E-state index in [2.05, 4.69) is 50.7 Å². The van der Waals surface area contributed by atoms with Crippen LogP contribution in [0, 0.1) is 5.92 Å². The van der Waals surface area contributed by atoms with Crippen LogP contribution >= 0.6 is 0 Å². The second-order valence-electron chi connectivity index (χ2n) is 4.82. The van der Waals surface area contributed by atoms with E-state index in [1.807, 2.05) is 0 Å². The summed E-state index contributed by atoms with van der Waals surface area (Å²) < 4.78 is 0. The molecule has 0 bridgehead atoms. The topological polar surface area (TPSA) is 6.48 Å². The fourth-order valence-electron chi connectivity index (χ4n) is 1.98. The zero-order valence-electron chi connectivity index (χ0n) is 11.0. The molecule has 1 aliphatic heterocycles. The van der Waals surface area contributed by atoms with Crippen molar-refractivity contribution >= 4 is 0 Å². The molecule has 0 atom stereocenters. The van der Waals surface area contributed by atoms with Crippen LogP contribution in [-0.2, 0) is 0 Å². The van der Waals surface area contributed by atoms with Gasteiger partial charge in [0.05, 0.1) is 0 Å². The number of nitrogens with zero attached hydrogens (tertiary/aromatic N) is 2. The molecular formula is C13H28N2. The average Bonchev–Trinajstić information content (AvgIpc) is 2.20. The van der Waals surface area contributed by atoms with Crippen molar-refractivity contribution in [1.82, 2.24) is 9.80 Å². The Morgan fingerprint density at radius 3 is 1.73 bits per heavy atom. The molecule has 0 aromatic carbocycles. The number of hydrogen-bond acceptors (Lipinski definition) is 2. The molecule has 0 aliphatic carbocycles. The molecule has 1 fully saturated rings. The predicted octanol–water partition coefficient (Wildman–Crippen LogP) is 2.47. The zero-order valence-corrected chi connectivity index (χ0v) is 11.0. The van der Waals surface area contributed by atoms with Crippen LogP contribution in [0.3, 0.4) is 0 Å². The van der Waals surface area contributed by atoms with E-state index in [0.717, 1.165) is 12.0 Å². The van der Waals surface area contributed by atoms with E-state index in [1.54, 1.807) is 0 Å². The maximum absolute atomic E-state index is 3.00. The first-order valence-electron chi connectivity index (χ1n) is 6.06. The predicted molar refractivity (Wildman–Crippen MR) is 69.2 cm³/mol. The highest BCUT2D eigenvalue weighted by Crippen LogP contribution is 2.07. The van der Waals surface area contributed by atoms with Crippen molar-refractivity contribution in [3.8, 4) is 0 Å². The Morgan fingerprint density at radius 1 is 0.933 bits per heavy atom. The Bertz CT molecular complexity index is 147. The van der Waals surface area contributed by atoms with Gasteiger partial charge in [-0.3, -0.25) is 4.90 Å². The number of hydrogen-bond donors (Lipinski definition) is 0. The van der Waals surface area contributed by atoms with Crippen LogP contribution < -0.4 is 0 Å². The second-order valence-corrected chi connectivity index (χ2v) is 4.82. The summed E-state index contributed by atoms with van der Waals surface area (Å²) in [7, 11) is 0. The first-order chi connectivity index (χ1) is 7.09. The fraction of sp³-hybridized carbons (Fsp3) is 0.846. The lowest BCUT2D eigenvalue weighted by Gasteiger charge is -2.37. The second kappa shape index (κ2) is 7.89. The van der Waals surface area contributed by atoms with Gasteiger partial charge in [-0.2, -0.15) is 0 Å².